The largest absolute Gasteiger partial charge is 0.468 e. The third-order valence-corrected chi connectivity index (χ3v) is 7.02. The SMILES string of the molecule is CC(C)CC(NC(=O)OC[C@@H]1CCCCO1)C(=O)N[C@@H](Cc1ccccc1)C(=O)CSCc1ccco1. The molecule has 0 saturated carbocycles. The Hall–Kier alpha value is -2.78. The molecule has 9 heteroatoms. The van der Waals surface area contributed by atoms with Crippen molar-refractivity contribution in [1.29, 1.82) is 0 Å². The number of alkyl carbamates (subject to hydrolysis) is 1. The van der Waals surface area contributed by atoms with Gasteiger partial charge in [0, 0.05) is 6.61 Å². The standard InChI is InChI=1S/C28H38N2O6S/c1-20(2)15-25(30-28(33)36-17-22-11-6-7-13-34-22)27(32)29-24(16-21-9-4-3-5-10-21)26(31)19-37-18-23-12-8-14-35-23/h3-5,8-10,12,14,20,22,24-25H,6-7,11,13,15-19H2,1-2H3,(H,29,32)(H,30,33)/t22-,24-,25?/m0/s1. The van der Waals surface area contributed by atoms with Crippen molar-refractivity contribution >= 4 is 29.5 Å². The molecular formula is C28H38N2O6S. The van der Waals surface area contributed by atoms with Gasteiger partial charge in [0.25, 0.3) is 0 Å². The minimum Gasteiger partial charge on any atom is -0.468 e. The van der Waals surface area contributed by atoms with E-state index in [9.17, 15) is 14.4 Å². The van der Waals surface area contributed by atoms with E-state index < -0.39 is 24.1 Å². The van der Waals surface area contributed by atoms with E-state index in [1.54, 1.807) is 6.26 Å². The molecule has 2 aromatic rings. The number of ketones is 1. The van der Waals surface area contributed by atoms with Gasteiger partial charge in [-0.2, -0.15) is 0 Å². The summed E-state index contributed by atoms with van der Waals surface area (Å²) in [6.45, 7) is 4.77. The molecule has 1 unspecified atom stereocenters. The van der Waals surface area contributed by atoms with Crippen molar-refractivity contribution in [2.75, 3.05) is 19.0 Å². The van der Waals surface area contributed by atoms with E-state index in [1.807, 2.05) is 56.3 Å². The molecular weight excluding hydrogens is 492 g/mol. The average molecular weight is 531 g/mol. The molecule has 202 valence electrons. The first kappa shape index (κ1) is 28.8. The second kappa shape index (κ2) is 15.5. The van der Waals surface area contributed by atoms with E-state index in [0.29, 0.717) is 25.2 Å². The van der Waals surface area contributed by atoms with Crippen LogP contribution in [-0.4, -0.2) is 54.9 Å². The van der Waals surface area contributed by atoms with Gasteiger partial charge >= 0.3 is 6.09 Å². The zero-order valence-corrected chi connectivity index (χ0v) is 22.5. The third kappa shape index (κ3) is 10.6. The van der Waals surface area contributed by atoms with E-state index in [1.165, 1.54) is 11.8 Å². The van der Waals surface area contributed by atoms with Gasteiger partial charge in [-0.15, -0.1) is 11.8 Å². The number of thioether (sulfide) groups is 1. The molecule has 3 rings (SSSR count). The first-order valence-electron chi connectivity index (χ1n) is 12.9. The number of ether oxygens (including phenoxy) is 2. The fraction of sp³-hybridized carbons (Fsp3) is 0.536. The predicted molar refractivity (Wildman–Crippen MR) is 143 cm³/mol. The van der Waals surface area contributed by atoms with Gasteiger partial charge in [-0.3, -0.25) is 9.59 Å². The van der Waals surface area contributed by atoms with Gasteiger partial charge in [-0.25, -0.2) is 4.79 Å². The van der Waals surface area contributed by atoms with Crippen LogP contribution in [0, 0.1) is 5.92 Å². The molecule has 3 atom stereocenters. The number of nitrogens with one attached hydrogen (secondary N) is 2. The maximum absolute atomic E-state index is 13.3. The van der Waals surface area contributed by atoms with Crippen LogP contribution in [0.15, 0.2) is 53.1 Å². The van der Waals surface area contributed by atoms with E-state index >= 15 is 0 Å². The van der Waals surface area contributed by atoms with Crippen LogP contribution in [0.25, 0.3) is 0 Å². The summed E-state index contributed by atoms with van der Waals surface area (Å²) >= 11 is 1.44. The van der Waals surface area contributed by atoms with Crippen LogP contribution in [0.2, 0.25) is 0 Å². The Kier molecular flexibility index (Phi) is 12.0. The van der Waals surface area contributed by atoms with Crippen molar-refractivity contribution in [1.82, 2.24) is 10.6 Å². The molecule has 1 fully saturated rings. The first-order valence-corrected chi connectivity index (χ1v) is 14.1. The Balaban J connectivity index is 1.60. The van der Waals surface area contributed by atoms with Gasteiger partial charge in [0.2, 0.25) is 5.91 Å². The normalized spacial score (nSPS) is 17.1. The van der Waals surface area contributed by atoms with E-state index in [-0.39, 0.29) is 30.2 Å². The maximum Gasteiger partial charge on any atom is 0.407 e. The lowest BCUT2D eigenvalue weighted by atomic mass is 10.00. The van der Waals surface area contributed by atoms with Crippen molar-refractivity contribution in [2.45, 2.75) is 69.9 Å². The Morgan fingerprint density at radius 2 is 1.86 bits per heavy atom. The smallest absolute Gasteiger partial charge is 0.407 e. The second-order valence-electron chi connectivity index (χ2n) is 9.70. The maximum atomic E-state index is 13.3. The number of hydrogen-bond acceptors (Lipinski definition) is 7. The molecule has 0 spiro atoms. The molecule has 1 aliphatic rings. The molecule has 2 heterocycles. The molecule has 1 aromatic heterocycles. The molecule has 2 amide bonds. The lowest BCUT2D eigenvalue weighted by Gasteiger charge is -2.25. The zero-order valence-electron chi connectivity index (χ0n) is 21.6. The van der Waals surface area contributed by atoms with Crippen LogP contribution in [0.1, 0.15) is 50.9 Å². The third-order valence-electron chi connectivity index (χ3n) is 6.05. The van der Waals surface area contributed by atoms with Crippen molar-refractivity contribution in [2.24, 2.45) is 5.92 Å². The van der Waals surface area contributed by atoms with E-state index in [0.717, 1.165) is 30.6 Å². The Bertz CT molecular complexity index is 960. The van der Waals surface area contributed by atoms with Gasteiger partial charge in [0.15, 0.2) is 5.78 Å². The molecule has 1 saturated heterocycles. The van der Waals surface area contributed by atoms with Crippen molar-refractivity contribution in [3.8, 4) is 0 Å². The van der Waals surface area contributed by atoms with Gasteiger partial charge in [0.1, 0.15) is 18.4 Å². The molecule has 1 aromatic carbocycles. The highest BCUT2D eigenvalue weighted by molar-refractivity contribution is 7.99. The number of hydrogen-bond donors (Lipinski definition) is 2. The monoisotopic (exact) mass is 530 g/mol. The lowest BCUT2D eigenvalue weighted by Crippen LogP contribution is -2.53. The number of Topliss-reactive ketones (excluding diaryl/α,β-unsaturated/α-hetero) is 1. The van der Waals surface area contributed by atoms with E-state index in [4.69, 9.17) is 13.9 Å². The minimum absolute atomic E-state index is 0.0888. The molecule has 2 N–H and O–H groups in total. The first-order chi connectivity index (χ1) is 17.9. The average Bonchev–Trinajstić information content (AvgIpc) is 3.41. The number of carbonyl (C=O) groups is 3. The summed E-state index contributed by atoms with van der Waals surface area (Å²) in [5.74, 6) is 1.24. The van der Waals surface area contributed by atoms with Crippen LogP contribution in [0.3, 0.4) is 0 Å². The molecule has 37 heavy (non-hydrogen) atoms. The highest BCUT2D eigenvalue weighted by atomic mass is 32.2. The van der Waals surface area contributed by atoms with Gasteiger partial charge in [-0.05, 0) is 55.7 Å². The molecule has 8 nitrogen and oxygen atoms in total. The second-order valence-corrected chi connectivity index (χ2v) is 10.7. The number of rotatable bonds is 14. The predicted octanol–water partition coefficient (Wildman–Crippen LogP) is 4.52. The van der Waals surface area contributed by atoms with Gasteiger partial charge < -0.3 is 24.5 Å². The number of carbonyl (C=O) groups excluding carboxylic acids is 3. The topological polar surface area (TPSA) is 107 Å². The summed E-state index contributed by atoms with van der Waals surface area (Å²) in [6.07, 6.45) is 4.53. The highest BCUT2D eigenvalue weighted by Gasteiger charge is 2.28. The molecule has 0 radical (unpaired) electrons. The quantitative estimate of drug-likeness (QED) is 0.370. The van der Waals surface area contributed by atoms with Crippen LogP contribution < -0.4 is 10.6 Å². The molecule has 1 aliphatic heterocycles. The molecule has 0 aliphatic carbocycles. The number of furan rings is 1. The Labute approximate surface area is 223 Å². The Morgan fingerprint density at radius 3 is 2.54 bits per heavy atom. The lowest BCUT2D eigenvalue weighted by molar-refractivity contribution is -0.128. The summed E-state index contributed by atoms with van der Waals surface area (Å²) in [5, 5.41) is 5.60. The fourth-order valence-electron chi connectivity index (χ4n) is 4.11. The van der Waals surface area contributed by atoms with Crippen LogP contribution in [-0.2, 0) is 31.2 Å². The summed E-state index contributed by atoms with van der Waals surface area (Å²) in [4.78, 5) is 39.0. The minimum atomic E-state index is -0.818. The van der Waals surface area contributed by atoms with Gasteiger partial charge in [0.05, 0.1) is 29.9 Å². The summed E-state index contributed by atoms with van der Waals surface area (Å²) in [7, 11) is 0. The van der Waals surface area contributed by atoms with Gasteiger partial charge in [-0.1, -0.05) is 44.2 Å². The van der Waals surface area contributed by atoms with Crippen molar-refractivity contribution in [3.63, 3.8) is 0 Å². The summed E-state index contributed by atoms with van der Waals surface area (Å²) < 4.78 is 16.3. The molecule has 0 bridgehead atoms. The zero-order chi connectivity index (χ0) is 26.5. The van der Waals surface area contributed by atoms with Crippen LogP contribution >= 0.6 is 11.8 Å². The van der Waals surface area contributed by atoms with Crippen LogP contribution in [0.5, 0.6) is 0 Å². The summed E-state index contributed by atoms with van der Waals surface area (Å²) in [6, 6.07) is 11.7. The summed E-state index contributed by atoms with van der Waals surface area (Å²) in [5.41, 5.74) is 0.942. The van der Waals surface area contributed by atoms with E-state index in [2.05, 4.69) is 10.6 Å². The Morgan fingerprint density at radius 1 is 1.05 bits per heavy atom. The van der Waals surface area contributed by atoms with Crippen molar-refractivity contribution in [3.05, 3.63) is 60.1 Å². The van der Waals surface area contributed by atoms with Crippen molar-refractivity contribution < 1.29 is 28.3 Å². The number of benzene rings is 1. The number of amides is 2. The fourth-order valence-corrected chi connectivity index (χ4v) is 4.98. The highest BCUT2D eigenvalue weighted by Crippen LogP contribution is 2.16. The van der Waals surface area contributed by atoms with Crippen LogP contribution in [0.4, 0.5) is 4.79 Å².